The first-order chi connectivity index (χ1) is 13.3. The molecule has 28 heavy (non-hydrogen) atoms. The summed E-state index contributed by atoms with van der Waals surface area (Å²) in [6.07, 6.45) is -1.50. The first kappa shape index (κ1) is 18.8. The van der Waals surface area contributed by atoms with Crippen molar-refractivity contribution in [2.45, 2.75) is 44.4 Å². The summed E-state index contributed by atoms with van der Waals surface area (Å²) >= 11 is 0. The lowest BCUT2D eigenvalue weighted by Gasteiger charge is -2.25. The fourth-order valence-corrected chi connectivity index (χ4v) is 4.44. The van der Waals surface area contributed by atoms with Gasteiger partial charge in [-0.1, -0.05) is 30.6 Å². The largest absolute Gasteiger partial charge is 0.573 e. The summed E-state index contributed by atoms with van der Waals surface area (Å²) in [5.74, 6) is 0.340. The van der Waals surface area contributed by atoms with Gasteiger partial charge in [-0.15, -0.1) is 13.2 Å². The third kappa shape index (κ3) is 3.22. The predicted octanol–water partition coefficient (Wildman–Crippen LogP) is 3.72. The summed E-state index contributed by atoms with van der Waals surface area (Å²) in [5.41, 5.74) is -0.496. The van der Waals surface area contributed by atoms with Crippen LogP contribution in [0.1, 0.15) is 48.3 Å². The second-order valence-electron chi connectivity index (χ2n) is 7.34. The molecule has 1 aromatic heterocycles. The zero-order valence-electron chi connectivity index (χ0n) is 15.3. The van der Waals surface area contributed by atoms with Crippen molar-refractivity contribution in [2.24, 2.45) is 5.92 Å². The number of carbonyl (C=O) groups excluding carboxylic acids is 1. The Hall–Kier alpha value is -2.58. The molecule has 2 aromatic rings. The molecule has 1 aliphatic heterocycles. The molecule has 1 aromatic carbocycles. The third-order valence-corrected chi connectivity index (χ3v) is 5.72. The molecule has 1 saturated carbocycles. The van der Waals surface area contributed by atoms with Crippen molar-refractivity contribution in [3.63, 3.8) is 0 Å². The monoisotopic (exact) mass is 395 g/mol. The van der Waals surface area contributed by atoms with Gasteiger partial charge in [0, 0.05) is 19.5 Å². The van der Waals surface area contributed by atoms with Gasteiger partial charge in [-0.3, -0.25) is 4.79 Å². The van der Waals surface area contributed by atoms with Crippen molar-refractivity contribution in [1.29, 1.82) is 0 Å². The molecule has 2 unspecified atom stereocenters. The van der Waals surface area contributed by atoms with Gasteiger partial charge in [0.1, 0.15) is 5.75 Å². The van der Waals surface area contributed by atoms with Gasteiger partial charge < -0.3 is 14.2 Å². The highest BCUT2D eigenvalue weighted by molar-refractivity contribution is 5.97. The highest BCUT2D eigenvalue weighted by Crippen LogP contribution is 2.50. The van der Waals surface area contributed by atoms with E-state index in [9.17, 15) is 18.0 Å². The van der Waals surface area contributed by atoms with Crippen molar-refractivity contribution >= 4 is 5.91 Å². The molecule has 1 saturated heterocycles. The zero-order valence-corrected chi connectivity index (χ0v) is 15.3. The van der Waals surface area contributed by atoms with E-state index in [1.54, 1.807) is 4.90 Å². The van der Waals surface area contributed by atoms with Gasteiger partial charge in [0.15, 0.2) is 5.82 Å². The Balaban J connectivity index is 1.61. The minimum Gasteiger partial charge on any atom is -0.405 e. The maximum absolute atomic E-state index is 13.0. The highest BCUT2D eigenvalue weighted by atomic mass is 19.4. The van der Waals surface area contributed by atoms with Crippen LogP contribution in [0.3, 0.4) is 0 Å². The Labute approximate surface area is 159 Å². The van der Waals surface area contributed by atoms with Gasteiger partial charge >= 0.3 is 6.36 Å². The molecule has 0 spiro atoms. The van der Waals surface area contributed by atoms with Gasteiger partial charge in [0.05, 0.1) is 11.0 Å². The van der Waals surface area contributed by atoms with Crippen molar-refractivity contribution in [3.8, 4) is 5.75 Å². The van der Waals surface area contributed by atoms with Gasteiger partial charge in [-0.2, -0.15) is 4.98 Å². The van der Waals surface area contributed by atoms with Crippen LogP contribution in [0.25, 0.3) is 0 Å². The average molecular weight is 395 g/mol. The number of likely N-dealkylation sites (tertiary alicyclic amines) is 1. The van der Waals surface area contributed by atoms with E-state index in [0.29, 0.717) is 31.2 Å². The van der Waals surface area contributed by atoms with E-state index in [1.165, 1.54) is 18.2 Å². The summed E-state index contributed by atoms with van der Waals surface area (Å²) in [4.78, 5) is 19.1. The van der Waals surface area contributed by atoms with Crippen LogP contribution >= 0.6 is 0 Å². The quantitative estimate of drug-likeness (QED) is 0.789. The molecule has 0 bridgehead atoms. The van der Waals surface area contributed by atoms with Gasteiger partial charge in [-0.25, -0.2) is 0 Å². The van der Waals surface area contributed by atoms with E-state index in [-0.39, 0.29) is 11.5 Å². The Kier molecular flexibility index (Phi) is 4.55. The Morgan fingerprint density at radius 1 is 1.39 bits per heavy atom. The summed E-state index contributed by atoms with van der Waals surface area (Å²) < 4.78 is 47.4. The van der Waals surface area contributed by atoms with E-state index < -0.39 is 23.4 Å². The summed E-state index contributed by atoms with van der Waals surface area (Å²) in [7, 11) is 0. The van der Waals surface area contributed by atoms with Crippen molar-refractivity contribution in [2.75, 3.05) is 13.1 Å². The molecule has 1 aliphatic carbocycles. The minimum atomic E-state index is -4.86. The number of carbonyl (C=O) groups is 1. The van der Waals surface area contributed by atoms with E-state index in [2.05, 4.69) is 14.9 Å². The molecular weight excluding hydrogens is 375 g/mol. The molecule has 2 aliphatic rings. The Morgan fingerprint density at radius 3 is 2.89 bits per heavy atom. The number of aromatic nitrogens is 2. The lowest BCUT2D eigenvalue weighted by atomic mass is 9.80. The summed E-state index contributed by atoms with van der Waals surface area (Å²) in [6, 6.07) is 5.44. The number of hydrogen-bond donors (Lipinski definition) is 0. The topological polar surface area (TPSA) is 68.5 Å². The van der Waals surface area contributed by atoms with Crippen molar-refractivity contribution in [3.05, 3.63) is 41.5 Å². The Morgan fingerprint density at radius 2 is 2.18 bits per heavy atom. The van der Waals surface area contributed by atoms with E-state index >= 15 is 0 Å². The molecule has 6 nitrogen and oxygen atoms in total. The minimum absolute atomic E-state index is 0.0997. The fraction of sp³-hybridized carbons (Fsp3) is 0.526. The number of amides is 1. The number of aryl methyl sites for hydroxylation is 1. The van der Waals surface area contributed by atoms with Crippen LogP contribution in [0.2, 0.25) is 0 Å². The number of fused-ring (bicyclic) bond motifs is 1. The van der Waals surface area contributed by atoms with Crippen LogP contribution in [-0.4, -0.2) is 40.4 Å². The van der Waals surface area contributed by atoms with E-state index in [4.69, 9.17) is 4.52 Å². The molecule has 4 rings (SSSR count). The first-order valence-corrected chi connectivity index (χ1v) is 9.29. The van der Waals surface area contributed by atoms with Crippen LogP contribution in [0, 0.1) is 5.92 Å². The third-order valence-electron chi connectivity index (χ3n) is 5.72. The number of halogens is 3. The number of benzene rings is 1. The fourth-order valence-electron chi connectivity index (χ4n) is 4.44. The van der Waals surface area contributed by atoms with Gasteiger partial charge in [-0.05, 0) is 30.9 Å². The molecule has 0 radical (unpaired) electrons. The van der Waals surface area contributed by atoms with Crippen molar-refractivity contribution in [1.82, 2.24) is 15.0 Å². The molecule has 150 valence electrons. The Bertz CT molecular complexity index is 883. The number of nitrogens with zero attached hydrogens (tertiary/aromatic N) is 3. The van der Waals surface area contributed by atoms with Crippen LogP contribution in [0.5, 0.6) is 5.75 Å². The summed E-state index contributed by atoms with van der Waals surface area (Å²) in [5, 5.41) is 4.14. The van der Waals surface area contributed by atoms with E-state index in [1.807, 2.05) is 6.92 Å². The SMILES string of the molecule is CCc1nc(C23CCCC2CN(C(=O)c2ccccc2OC(F)(F)F)C3)no1. The normalized spacial score (nSPS) is 24.4. The molecule has 9 heteroatoms. The number of hydrogen-bond acceptors (Lipinski definition) is 5. The van der Waals surface area contributed by atoms with Gasteiger partial charge in [0.2, 0.25) is 5.89 Å². The molecule has 0 N–H and O–H groups in total. The molecule has 1 amide bonds. The van der Waals surface area contributed by atoms with Crippen LogP contribution in [0.15, 0.2) is 28.8 Å². The number of ether oxygens (including phenoxy) is 1. The standard InChI is InChI=1S/C19H20F3N3O3/c1-2-15-23-17(24-28-15)18-9-5-6-12(18)10-25(11-18)16(26)13-7-3-4-8-14(13)27-19(20,21)22/h3-4,7-8,12H,2,5-6,9-11H2,1H3. The second kappa shape index (κ2) is 6.79. The number of para-hydroxylation sites is 1. The van der Waals surface area contributed by atoms with Crippen LogP contribution in [0.4, 0.5) is 13.2 Å². The zero-order chi connectivity index (χ0) is 19.9. The molecule has 2 heterocycles. The lowest BCUT2D eigenvalue weighted by Crippen LogP contribution is -2.35. The number of alkyl halides is 3. The summed E-state index contributed by atoms with van der Waals surface area (Å²) in [6.45, 7) is 2.73. The molecule has 2 fully saturated rings. The number of rotatable bonds is 4. The van der Waals surface area contributed by atoms with Crippen molar-refractivity contribution < 1.29 is 27.2 Å². The first-order valence-electron chi connectivity index (χ1n) is 9.29. The lowest BCUT2D eigenvalue weighted by molar-refractivity contribution is -0.274. The maximum Gasteiger partial charge on any atom is 0.573 e. The molecule has 2 atom stereocenters. The van der Waals surface area contributed by atoms with Crippen LogP contribution in [-0.2, 0) is 11.8 Å². The predicted molar refractivity (Wildman–Crippen MR) is 91.7 cm³/mol. The van der Waals surface area contributed by atoms with Crippen LogP contribution < -0.4 is 4.74 Å². The molecular formula is C19H20F3N3O3. The maximum atomic E-state index is 13.0. The average Bonchev–Trinajstić information content (AvgIpc) is 3.33. The van der Waals surface area contributed by atoms with Gasteiger partial charge in [0.25, 0.3) is 5.91 Å². The highest BCUT2D eigenvalue weighted by Gasteiger charge is 2.54. The smallest absolute Gasteiger partial charge is 0.405 e. The second-order valence-corrected chi connectivity index (χ2v) is 7.34. The van der Waals surface area contributed by atoms with E-state index in [0.717, 1.165) is 25.3 Å².